The minimum atomic E-state index is -0.590. The molecule has 0 aromatic heterocycles. The Morgan fingerprint density at radius 3 is 2.50 bits per heavy atom. The van der Waals surface area contributed by atoms with Crippen molar-refractivity contribution in [3.05, 3.63) is 35.9 Å². The molecule has 1 rings (SSSR count). The van der Waals surface area contributed by atoms with Crippen molar-refractivity contribution < 1.29 is 14.3 Å². The van der Waals surface area contributed by atoms with Crippen molar-refractivity contribution >= 4 is 21.3 Å². The third kappa shape index (κ3) is 6.57. The second-order valence-electron chi connectivity index (χ2n) is 5.38. The van der Waals surface area contributed by atoms with Gasteiger partial charge in [0.05, 0.1) is 0 Å². The van der Waals surface area contributed by atoms with Gasteiger partial charge in [-0.1, -0.05) is 56.5 Å². The van der Waals surface area contributed by atoms with Gasteiger partial charge in [-0.3, -0.25) is 4.79 Å². The monoisotopic (exact) mass is 323 g/mol. The maximum absolute atomic E-state index is 12.0. The van der Waals surface area contributed by atoms with Crippen LogP contribution in [0.15, 0.2) is 30.3 Å². The van der Waals surface area contributed by atoms with E-state index in [0.717, 1.165) is 31.2 Å². The van der Waals surface area contributed by atoms with Crippen LogP contribution in [0.2, 0.25) is 0 Å². The number of esters is 1. The first-order valence-electron chi connectivity index (χ1n) is 7.83. The number of ether oxygens (including phenoxy) is 1. The summed E-state index contributed by atoms with van der Waals surface area (Å²) in [4.78, 5) is 24.0. The van der Waals surface area contributed by atoms with E-state index in [1.807, 2.05) is 30.3 Å². The average molecular weight is 323 g/mol. The molecule has 0 heterocycles. The predicted octanol–water partition coefficient (Wildman–Crippen LogP) is 3.71. The Kier molecular flexibility index (Phi) is 8.76. The molecule has 0 bridgehead atoms. The summed E-state index contributed by atoms with van der Waals surface area (Å²) in [7, 11) is 2.34. The van der Waals surface area contributed by atoms with Crippen LogP contribution in [0.25, 0.3) is 0 Å². The second kappa shape index (κ2) is 10.3. The van der Waals surface area contributed by atoms with E-state index in [4.69, 9.17) is 4.74 Å². The Hall–Kier alpha value is -1.41. The molecule has 2 atom stereocenters. The standard InChI is InChI=1S/C17H26NO3P/c1-3-4-5-9-12-16(19)18(22)14(2)17(20)21-13-15-10-7-6-8-11-15/h6-8,10-11,14H,3-5,9,12-13,22H2,1-2H3. The molecule has 1 aromatic rings. The Labute approximate surface area is 135 Å². The van der Waals surface area contributed by atoms with Gasteiger partial charge in [0, 0.05) is 6.42 Å². The third-order valence-electron chi connectivity index (χ3n) is 3.51. The van der Waals surface area contributed by atoms with Crippen molar-refractivity contribution in [1.82, 2.24) is 4.67 Å². The van der Waals surface area contributed by atoms with E-state index in [9.17, 15) is 9.59 Å². The molecule has 0 radical (unpaired) electrons. The largest absolute Gasteiger partial charge is 0.459 e. The van der Waals surface area contributed by atoms with Crippen LogP contribution in [0.3, 0.4) is 0 Å². The minimum absolute atomic E-state index is 0.0368. The van der Waals surface area contributed by atoms with E-state index in [1.165, 1.54) is 4.67 Å². The molecule has 1 amide bonds. The summed E-state index contributed by atoms with van der Waals surface area (Å²) in [6, 6.07) is 8.91. The van der Waals surface area contributed by atoms with Crippen LogP contribution in [0.5, 0.6) is 0 Å². The van der Waals surface area contributed by atoms with Crippen molar-refractivity contribution in [2.24, 2.45) is 0 Å². The molecule has 0 aliphatic rings. The van der Waals surface area contributed by atoms with Crippen molar-refractivity contribution in [3.63, 3.8) is 0 Å². The third-order valence-corrected chi connectivity index (χ3v) is 4.25. The molecule has 122 valence electrons. The fourth-order valence-electron chi connectivity index (χ4n) is 2.01. The minimum Gasteiger partial charge on any atom is -0.459 e. The van der Waals surface area contributed by atoms with E-state index < -0.39 is 6.04 Å². The van der Waals surface area contributed by atoms with Gasteiger partial charge >= 0.3 is 5.97 Å². The normalized spacial score (nSPS) is 11.8. The van der Waals surface area contributed by atoms with Crippen molar-refractivity contribution in [1.29, 1.82) is 0 Å². The lowest BCUT2D eigenvalue weighted by molar-refractivity contribution is -0.151. The van der Waals surface area contributed by atoms with Gasteiger partial charge in [-0.2, -0.15) is 0 Å². The number of nitrogens with zero attached hydrogens (tertiary/aromatic N) is 1. The van der Waals surface area contributed by atoms with E-state index in [-0.39, 0.29) is 18.5 Å². The smallest absolute Gasteiger partial charge is 0.329 e. The zero-order valence-electron chi connectivity index (χ0n) is 13.5. The van der Waals surface area contributed by atoms with E-state index in [2.05, 4.69) is 16.3 Å². The number of hydrogen-bond donors (Lipinski definition) is 0. The predicted molar refractivity (Wildman–Crippen MR) is 91.0 cm³/mol. The number of unbranched alkanes of at least 4 members (excludes halogenated alkanes) is 3. The number of rotatable bonds is 9. The lowest BCUT2D eigenvalue weighted by Gasteiger charge is -2.23. The summed E-state index contributed by atoms with van der Waals surface area (Å²) in [5, 5.41) is 0. The lowest BCUT2D eigenvalue weighted by Crippen LogP contribution is -2.37. The lowest BCUT2D eigenvalue weighted by atomic mass is 10.1. The molecule has 1 aromatic carbocycles. The molecular formula is C17H26NO3P. The zero-order chi connectivity index (χ0) is 16.4. The first-order chi connectivity index (χ1) is 10.6. The van der Waals surface area contributed by atoms with Crippen LogP contribution in [-0.4, -0.2) is 22.6 Å². The molecule has 0 spiro atoms. The van der Waals surface area contributed by atoms with Crippen LogP contribution in [0.4, 0.5) is 0 Å². The van der Waals surface area contributed by atoms with Crippen molar-refractivity contribution in [3.8, 4) is 0 Å². The van der Waals surface area contributed by atoms with Gasteiger partial charge < -0.3 is 9.41 Å². The Morgan fingerprint density at radius 1 is 1.18 bits per heavy atom. The topological polar surface area (TPSA) is 46.6 Å². The van der Waals surface area contributed by atoms with Crippen LogP contribution < -0.4 is 0 Å². The van der Waals surface area contributed by atoms with Gasteiger partial charge in [-0.25, -0.2) is 4.79 Å². The van der Waals surface area contributed by atoms with Crippen LogP contribution in [-0.2, 0) is 20.9 Å². The molecule has 22 heavy (non-hydrogen) atoms. The molecule has 5 heteroatoms. The molecule has 0 fully saturated rings. The maximum atomic E-state index is 12.0. The first kappa shape index (κ1) is 18.6. The summed E-state index contributed by atoms with van der Waals surface area (Å²) in [5.41, 5.74) is 0.934. The molecular weight excluding hydrogens is 297 g/mol. The SMILES string of the molecule is CCCCCCC(=O)N(P)C(C)C(=O)OCc1ccccc1. The molecule has 0 saturated heterocycles. The molecule has 4 nitrogen and oxygen atoms in total. The summed E-state index contributed by atoms with van der Waals surface area (Å²) in [6.45, 7) is 4.05. The summed E-state index contributed by atoms with van der Waals surface area (Å²) in [5.74, 6) is -0.425. The summed E-state index contributed by atoms with van der Waals surface area (Å²) < 4.78 is 6.66. The van der Waals surface area contributed by atoms with Crippen molar-refractivity contribution in [2.75, 3.05) is 0 Å². The highest BCUT2D eigenvalue weighted by Gasteiger charge is 2.23. The first-order valence-corrected chi connectivity index (χ1v) is 8.35. The van der Waals surface area contributed by atoms with Crippen LogP contribution in [0, 0.1) is 0 Å². The van der Waals surface area contributed by atoms with Gasteiger partial charge in [0.15, 0.2) is 0 Å². The number of carbonyl (C=O) groups excluding carboxylic acids is 2. The van der Waals surface area contributed by atoms with E-state index in [0.29, 0.717) is 6.42 Å². The molecule has 0 aliphatic carbocycles. The zero-order valence-corrected chi connectivity index (χ0v) is 14.6. The molecule has 0 aliphatic heterocycles. The number of hydrogen-bond acceptors (Lipinski definition) is 3. The fourth-order valence-corrected chi connectivity index (χ4v) is 2.26. The van der Waals surface area contributed by atoms with Gasteiger partial charge in [-0.15, -0.1) is 0 Å². The summed E-state index contributed by atoms with van der Waals surface area (Å²) >= 11 is 0. The highest BCUT2D eigenvalue weighted by molar-refractivity contribution is 7.14. The van der Waals surface area contributed by atoms with Gasteiger partial charge in [0.25, 0.3) is 0 Å². The highest BCUT2D eigenvalue weighted by atomic mass is 31.0. The fraction of sp³-hybridized carbons (Fsp3) is 0.529. The number of carbonyl (C=O) groups is 2. The van der Waals surface area contributed by atoms with Gasteiger partial charge in [-0.05, 0) is 28.3 Å². The van der Waals surface area contributed by atoms with Crippen LogP contribution >= 0.6 is 9.39 Å². The Bertz CT molecular complexity index is 464. The quantitative estimate of drug-likeness (QED) is 0.395. The Morgan fingerprint density at radius 2 is 1.86 bits per heavy atom. The van der Waals surface area contributed by atoms with Gasteiger partial charge in [0.1, 0.15) is 12.6 Å². The average Bonchev–Trinajstić information content (AvgIpc) is 2.55. The number of benzene rings is 1. The van der Waals surface area contributed by atoms with E-state index in [1.54, 1.807) is 6.92 Å². The number of amides is 1. The summed E-state index contributed by atoms with van der Waals surface area (Å²) in [6.07, 6.45) is 4.66. The van der Waals surface area contributed by atoms with E-state index >= 15 is 0 Å². The molecule has 2 unspecified atom stereocenters. The Balaban J connectivity index is 2.36. The second-order valence-corrected chi connectivity index (χ2v) is 5.94. The van der Waals surface area contributed by atoms with Gasteiger partial charge in [0.2, 0.25) is 5.91 Å². The highest BCUT2D eigenvalue weighted by Crippen LogP contribution is 2.14. The maximum Gasteiger partial charge on any atom is 0.329 e. The van der Waals surface area contributed by atoms with Crippen LogP contribution in [0.1, 0.15) is 51.5 Å². The molecule has 0 saturated carbocycles. The molecule has 0 N–H and O–H groups in total. The van der Waals surface area contributed by atoms with Crippen molar-refractivity contribution in [2.45, 2.75) is 58.6 Å².